The van der Waals surface area contributed by atoms with Gasteiger partial charge in [-0.15, -0.1) is 0 Å². The zero-order valence-corrected chi connectivity index (χ0v) is 13.7. The summed E-state index contributed by atoms with van der Waals surface area (Å²) in [5.74, 6) is 0.270. The first-order valence-electron chi connectivity index (χ1n) is 6.75. The molecule has 0 aliphatic carbocycles. The Bertz CT molecular complexity index is 541. The fourth-order valence-electron chi connectivity index (χ4n) is 1.64. The van der Waals surface area contributed by atoms with Crippen LogP contribution in [0.4, 0.5) is 5.69 Å². The van der Waals surface area contributed by atoms with E-state index in [2.05, 4.69) is 0 Å². The Balaban J connectivity index is 2.06. The van der Waals surface area contributed by atoms with E-state index >= 15 is 0 Å². The molecule has 0 bridgehead atoms. The van der Waals surface area contributed by atoms with Gasteiger partial charge in [0.15, 0.2) is 8.87 Å². The number of nitrogens with two attached hydrogens (primary N) is 1. The van der Waals surface area contributed by atoms with Crippen molar-refractivity contribution in [3.05, 3.63) is 29.8 Å². The molecular weight excluding hydrogens is 310 g/mol. The van der Waals surface area contributed by atoms with E-state index in [1.807, 2.05) is 0 Å². The lowest BCUT2D eigenvalue weighted by molar-refractivity contribution is 0.0498. The molecule has 0 spiro atoms. The summed E-state index contributed by atoms with van der Waals surface area (Å²) in [5, 5.41) is 0. The number of ether oxygens (including phenoxy) is 1. The molecule has 0 unspecified atom stereocenters. The van der Waals surface area contributed by atoms with E-state index in [-0.39, 0.29) is 5.97 Å². The van der Waals surface area contributed by atoms with Crippen LogP contribution in [-0.4, -0.2) is 33.0 Å². The van der Waals surface area contributed by atoms with Crippen LogP contribution in [0.25, 0.3) is 0 Å². The van der Waals surface area contributed by atoms with E-state index in [1.165, 1.54) is 6.26 Å². The molecule has 0 amide bonds. The molecule has 0 saturated heterocycles. The van der Waals surface area contributed by atoms with E-state index in [1.54, 1.807) is 24.3 Å². The summed E-state index contributed by atoms with van der Waals surface area (Å²) in [6.07, 6.45) is 4.70. The second kappa shape index (κ2) is 8.94. The van der Waals surface area contributed by atoms with Crippen LogP contribution >= 0.6 is 10.8 Å². The van der Waals surface area contributed by atoms with E-state index in [9.17, 15) is 13.2 Å². The molecule has 1 rings (SSSR count). The number of carbonyl (C=O) groups excluding carboxylic acids is 1. The Kier molecular flexibility index (Phi) is 7.60. The molecular formula is C14H21NO4S2. The molecule has 0 aliphatic heterocycles. The molecule has 21 heavy (non-hydrogen) atoms. The number of carbonyl (C=O) groups is 1. The zero-order valence-electron chi connectivity index (χ0n) is 12.1. The summed E-state index contributed by atoms with van der Waals surface area (Å²) in [6, 6.07) is 6.60. The number of unbranched alkanes of at least 4 members (excludes halogenated alkanes) is 3. The molecule has 0 aromatic heterocycles. The molecule has 118 valence electrons. The quantitative estimate of drug-likeness (QED) is 0.324. The Morgan fingerprint density at radius 1 is 1.14 bits per heavy atom. The second-order valence-corrected chi connectivity index (χ2v) is 9.27. The van der Waals surface area contributed by atoms with Crippen molar-refractivity contribution in [2.24, 2.45) is 0 Å². The van der Waals surface area contributed by atoms with Crippen molar-refractivity contribution in [3.63, 3.8) is 0 Å². The van der Waals surface area contributed by atoms with Gasteiger partial charge in [0, 0.05) is 17.7 Å². The van der Waals surface area contributed by atoms with Crippen molar-refractivity contribution < 1.29 is 17.9 Å². The van der Waals surface area contributed by atoms with Crippen molar-refractivity contribution in [3.8, 4) is 0 Å². The van der Waals surface area contributed by atoms with Crippen molar-refractivity contribution >= 4 is 31.3 Å². The SMILES string of the molecule is CS(=O)(=O)SCCCCCCOC(=O)c1ccc(N)cc1. The van der Waals surface area contributed by atoms with Gasteiger partial charge in [0.2, 0.25) is 0 Å². The lowest BCUT2D eigenvalue weighted by Crippen LogP contribution is -2.06. The monoisotopic (exact) mass is 331 g/mol. The Hall–Kier alpha value is -1.21. The standard InChI is InChI=1S/C14H21NO4S2/c1-21(17,18)20-11-5-3-2-4-10-19-14(16)12-6-8-13(15)9-7-12/h6-9H,2-5,10-11,15H2,1H3. The highest BCUT2D eigenvalue weighted by atomic mass is 33.1. The topological polar surface area (TPSA) is 86.5 Å². The molecule has 0 heterocycles. The van der Waals surface area contributed by atoms with Crippen LogP contribution in [0.1, 0.15) is 36.0 Å². The minimum absolute atomic E-state index is 0.345. The van der Waals surface area contributed by atoms with E-state index in [0.717, 1.165) is 36.5 Å². The maximum absolute atomic E-state index is 11.7. The van der Waals surface area contributed by atoms with Gasteiger partial charge in [0.1, 0.15) is 0 Å². The van der Waals surface area contributed by atoms with E-state index < -0.39 is 8.87 Å². The van der Waals surface area contributed by atoms with Gasteiger partial charge < -0.3 is 10.5 Å². The summed E-state index contributed by atoms with van der Waals surface area (Å²) in [5.41, 5.74) is 6.65. The second-order valence-electron chi connectivity index (χ2n) is 4.70. The van der Waals surface area contributed by atoms with Gasteiger partial charge in [0.05, 0.1) is 12.2 Å². The lowest BCUT2D eigenvalue weighted by atomic mass is 10.2. The van der Waals surface area contributed by atoms with Gasteiger partial charge in [-0.3, -0.25) is 0 Å². The van der Waals surface area contributed by atoms with Crippen LogP contribution in [0.15, 0.2) is 24.3 Å². The molecule has 1 aromatic carbocycles. The van der Waals surface area contributed by atoms with Crippen LogP contribution in [0.3, 0.4) is 0 Å². The van der Waals surface area contributed by atoms with E-state index in [4.69, 9.17) is 10.5 Å². The highest BCUT2D eigenvalue weighted by molar-refractivity contribution is 8.71. The number of hydrogen-bond acceptors (Lipinski definition) is 6. The van der Waals surface area contributed by atoms with Crippen LogP contribution in [-0.2, 0) is 13.6 Å². The van der Waals surface area contributed by atoms with Gasteiger partial charge in [-0.1, -0.05) is 12.8 Å². The summed E-state index contributed by atoms with van der Waals surface area (Å²) >= 11 is 0. The third kappa shape index (κ3) is 8.62. The molecule has 2 N–H and O–H groups in total. The Labute approximate surface area is 129 Å². The average Bonchev–Trinajstić information content (AvgIpc) is 2.41. The van der Waals surface area contributed by atoms with E-state index in [0.29, 0.717) is 23.6 Å². The normalized spacial score (nSPS) is 11.3. The minimum atomic E-state index is -2.93. The summed E-state index contributed by atoms with van der Waals surface area (Å²) in [4.78, 5) is 11.7. The Morgan fingerprint density at radius 2 is 1.76 bits per heavy atom. The molecule has 0 atom stereocenters. The Morgan fingerprint density at radius 3 is 2.38 bits per heavy atom. The van der Waals surface area contributed by atoms with Crippen LogP contribution < -0.4 is 5.73 Å². The largest absolute Gasteiger partial charge is 0.462 e. The third-order valence-electron chi connectivity index (χ3n) is 2.72. The van der Waals surface area contributed by atoms with Crippen LogP contribution in [0.5, 0.6) is 0 Å². The van der Waals surface area contributed by atoms with Crippen molar-refractivity contribution in [1.29, 1.82) is 0 Å². The number of benzene rings is 1. The fraction of sp³-hybridized carbons (Fsp3) is 0.500. The number of nitrogen functional groups attached to an aromatic ring is 1. The highest BCUT2D eigenvalue weighted by Crippen LogP contribution is 2.13. The number of esters is 1. The van der Waals surface area contributed by atoms with Crippen LogP contribution in [0, 0.1) is 0 Å². The number of hydrogen-bond donors (Lipinski definition) is 1. The fourth-order valence-corrected chi connectivity index (χ4v) is 3.52. The molecule has 1 aromatic rings. The van der Waals surface area contributed by atoms with Gasteiger partial charge in [-0.2, -0.15) is 0 Å². The first-order chi connectivity index (χ1) is 9.88. The predicted molar refractivity (Wildman–Crippen MR) is 86.9 cm³/mol. The average molecular weight is 331 g/mol. The summed E-state index contributed by atoms with van der Waals surface area (Å²) in [6.45, 7) is 0.377. The molecule has 5 nitrogen and oxygen atoms in total. The third-order valence-corrected chi connectivity index (χ3v) is 5.38. The van der Waals surface area contributed by atoms with Gasteiger partial charge >= 0.3 is 5.97 Å². The lowest BCUT2D eigenvalue weighted by Gasteiger charge is -2.05. The van der Waals surface area contributed by atoms with Gasteiger partial charge in [0.25, 0.3) is 0 Å². The summed E-state index contributed by atoms with van der Waals surface area (Å²) < 4.78 is 26.9. The van der Waals surface area contributed by atoms with Crippen LogP contribution in [0.2, 0.25) is 0 Å². The first-order valence-corrected chi connectivity index (χ1v) is 10.1. The maximum atomic E-state index is 11.7. The maximum Gasteiger partial charge on any atom is 0.338 e. The minimum Gasteiger partial charge on any atom is -0.462 e. The number of rotatable bonds is 9. The van der Waals surface area contributed by atoms with Crippen molar-refractivity contribution in [2.75, 3.05) is 24.3 Å². The van der Waals surface area contributed by atoms with Crippen molar-refractivity contribution in [2.45, 2.75) is 25.7 Å². The smallest absolute Gasteiger partial charge is 0.338 e. The van der Waals surface area contributed by atoms with Gasteiger partial charge in [-0.05, 0) is 47.9 Å². The molecule has 0 fully saturated rings. The molecule has 7 heteroatoms. The first kappa shape index (κ1) is 17.8. The predicted octanol–water partition coefficient (Wildman–Crippen LogP) is 2.68. The number of anilines is 1. The molecule has 0 radical (unpaired) electrons. The zero-order chi connectivity index (χ0) is 15.7. The molecule has 0 aliphatic rings. The van der Waals surface area contributed by atoms with Crippen molar-refractivity contribution in [1.82, 2.24) is 0 Å². The summed E-state index contributed by atoms with van der Waals surface area (Å²) in [7, 11) is -1.95. The highest BCUT2D eigenvalue weighted by Gasteiger charge is 2.06. The van der Waals surface area contributed by atoms with Gasteiger partial charge in [-0.25, -0.2) is 13.2 Å². The molecule has 0 saturated carbocycles.